The zero-order valence-corrected chi connectivity index (χ0v) is 19.6. The highest BCUT2D eigenvalue weighted by Crippen LogP contribution is 2.43. The summed E-state index contributed by atoms with van der Waals surface area (Å²) in [5.41, 5.74) is 0.719. The van der Waals surface area contributed by atoms with Crippen LogP contribution in [0.4, 0.5) is 0 Å². The lowest BCUT2D eigenvalue weighted by Gasteiger charge is -2.25. The fourth-order valence-corrected chi connectivity index (χ4v) is 4.41. The van der Waals surface area contributed by atoms with E-state index in [4.69, 9.17) is 37.4 Å². The molecule has 1 atom stereocenters. The van der Waals surface area contributed by atoms with Crippen LogP contribution in [0.15, 0.2) is 35.9 Å². The van der Waals surface area contributed by atoms with E-state index >= 15 is 0 Å². The van der Waals surface area contributed by atoms with Gasteiger partial charge in [0.2, 0.25) is 0 Å². The van der Waals surface area contributed by atoms with Crippen molar-refractivity contribution >= 4 is 40.7 Å². The molecule has 0 aliphatic carbocycles. The minimum atomic E-state index is -0.825. The van der Waals surface area contributed by atoms with Gasteiger partial charge in [-0.3, -0.25) is 9.59 Å². The first-order chi connectivity index (χ1) is 15.3. The summed E-state index contributed by atoms with van der Waals surface area (Å²) in [5.74, 6) is -0.696. The molecule has 1 saturated heterocycles. The van der Waals surface area contributed by atoms with Crippen molar-refractivity contribution in [2.24, 2.45) is 0 Å². The minimum Gasteiger partial charge on any atom is -0.507 e. The summed E-state index contributed by atoms with van der Waals surface area (Å²) < 4.78 is 15.8. The molecule has 1 unspecified atom stereocenters. The van der Waals surface area contributed by atoms with Gasteiger partial charge in [0.05, 0.1) is 43.0 Å². The van der Waals surface area contributed by atoms with Crippen molar-refractivity contribution in [3.05, 3.63) is 57.1 Å². The number of methoxy groups -OCH3 is 3. The van der Waals surface area contributed by atoms with Gasteiger partial charge >= 0.3 is 0 Å². The summed E-state index contributed by atoms with van der Waals surface area (Å²) in [6, 6.07) is 7.12. The van der Waals surface area contributed by atoms with E-state index in [9.17, 15) is 14.7 Å². The molecule has 2 aromatic rings. The maximum Gasteiger partial charge on any atom is 0.295 e. The third kappa shape index (κ3) is 4.10. The Morgan fingerprint density at radius 1 is 1.00 bits per heavy atom. The number of amides is 1. The fraction of sp³-hybridized carbons (Fsp3) is 0.304. The van der Waals surface area contributed by atoms with E-state index in [-0.39, 0.29) is 32.7 Å². The second-order valence-electron chi connectivity index (χ2n) is 7.08. The third-order valence-electron chi connectivity index (χ3n) is 5.20. The number of hydrogen-bond acceptors (Lipinski definition) is 6. The van der Waals surface area contributed by atoms with Crippen molar-refractivity contribution < 1.29 is 28.9 Å². The average Bonchev–Trinajstić information content (AvgIpc) is 3.03. The zero-order valence-electron chi connectivity index (χ0n) is 18.1. The second-order valence-corrected chi connectivity index (χ2v) is 7.89. The van der Waals surface area contributed by atoms with Gasteiger partial charge in [0.25, 0.3) is 11.7 Å². The Morgan fingerprint density at radius 2 is 1.62 bits per heavy atom. The van der Waals surface area contributed by atoms with Gasteiger partial charge in [0.15, 0.2) is 17.2 Å². The van der Waals surface area contributed by atoms with Gasteiger partial charge in [0.1, 0.15) is 5.76 Å². The number of aliphatic hydroxyl groups is 1. The quantitative estimate of drug-likeness (QED) is 0.347. The summed E-state index contributed by atoms with van der Waals surface area (Å²) in [6.45, 7) is 2.22. The van der Waals surface area contributed by atoms with Crippen molar-refractivity contribution in [2.45, 2.75) is 19.4 Å². The standard InChI is InChI=1S/C23H23Cl2NO6/c1-5-8-26-19(12-6-7-16(30-2)17(11-12)31-3)18(21(28)23(26)29)20(27)13-9-14(24)22(32-4)15(25)10-13/h6-7,9-11,19,27H,5,8H2,1-4H3/b20-18+. The van der Waals surface area contributed by atoms with Gasteiger partial charge in [-0.05, 0) is 36.2 Å². The first-order valence-electron chi connectivity index (χ1n) is 9.82. The summed E-state index contributed by atoms with van der Waals surface area (Å²) >= 11 is 12.4. The van der Waals surface area contributed by atoms with Crippen LogP contribution in [0.1, 0.15) is 30.5 Å². The highest BCUT2D eigenvalue weighted by Gasteiger charge is 2.46. The molecule has 0 radical (unpaired) electrons. The Bertz CT molecular complexity index is 1070. The maximum absolute atomic E-state index is 13.0. The number of ketones is 1. The molecule has 3 rings (SSSR count). The first-order valence-corrected chi connectivity index (χ1v) is 10.6. The van der Waals surface area contributed by atoms with E-state index in [2.05, 4.69) is 0 Å². The SMILES string of the molecule is CCCN1C(=O)C(=O)/C(=C(/O)c2cc(Cl)c(OC)c(Cl)c2)C1c1ccc(OC)c(OC)c1. The predicted molar refractivity (Wildman–Crippen MR) is 122 cm³/mol. The van der Waals surface area contributed by atoms with E-state index < -0.39 is 17.7 Å². The maximum atomic E-state index is 13.0. The molecule has 9 heteroatoms. The van der Waals surface area contributed by atoms with Gasteiger partial charge < -0.3 is 24.2 Å². The summed E-state index contributed by atoms with van der Waals surface area (Å²) in [6.07, 6.45) is 0.622. The molecule has 0 aromatic heterocycles. The molecule has 1 heterocycles. The average molecular weight is 480 g/mol. The van der Waals surface area contributed by atoms with Crippen LogP contribution in [0.25, 0.3) is 5.76 Å². The Balaban J connectivity index is 2.24. The van der Waals surface area contributed by atoms with Crippen molar-refractivity contribution in [1.82, 2.24) is 4.90 Å². The molecule has 7 nitrogen and oxygen atoms in total. The van der Waals surface area contributed by atoms with Crippen molar-refractivity contribution in [2.75, 3.05) is 27.9 Å². The number of ether oxygens (including phenoxy) is 3. The molecule has 2 aromatic carbocycles. The largest absolute Gasteiger partial charge is 0.507 e. The van der Waals surface area contributed by atoms with E-state index in [1.54, 1.807) is 18.2 Å². The lowest BCUT2D eigenvalue weighted by molar-refractivity contribution is -0.139. The molecule has 1 aliphatic rings. The Labute approximate surface area is 196 Å². The first kappa shape index (κ1) is 23.8. The number of benzene rings is 2. The number of aliphatic hydroxyl groups excluding tert-OH is 1. The summed E-state index contributed by atoms with van der Waals surface area (Å²) in [4.78, 5) is 27.3. The molecule has 1 N–H and O–H groups in total. The van der Waals surface area contributed by atoms with Crippen molar-refractivity contribution in [3.63, 3.8) is 0 Å². The Kier molecular flexibility index (Phi) is 7.21. The Morgan fingerprint density at radius 3 is 2.16 bits per heavy atom. The molecule has 1 amide bonds. The van der Waals surface area contributed by atoms with Crippen LogP contribution in [0.5, 0.6) is 17.2 Å². The van der Waals surface area contributed by atoms with Crippen LogP contribution >= 0.6 is 23.2 Å². The van der Waals surface area contributed by atoms with Crippen LogP contribution in [0.2, 0.25) is 10.0 Å². The van der Waals surface area contributed by atoms with E-state index in [1.807, 2.05) is 6.92 Å². The smallest absolute Gasteiger partial charge is 0.295 e. The van der Waals surface area contributed by atoms with Crippen LogP contribution < -0.4 is 14.2 Å². The zero-order chi connectivity index (χ0) is 23.6. The number of likely N-dealkylation sites (tertiary alicyclic amines) is 1. The molecule has 32 heavy (non-hydrogen) atoms. The molecular formula is C23H23Cl2NO6. The van der Waals surface area contributed by atoms with Gasteiger partial charge in [-0.1, -0.05) is 36.2 Å². The Hall–Kier alpha value is -2.90. The van der Waals surface area contributed by atoms with Crippen LogP contribution in [0.3, 0.4) is 0 Å². The number of rotatable bonds is 7. The number of nitrogens with zero attached hydrogens (tertiary/aromatic N) is 1. The monoisotopic (exact) mass is 479 g/mol. The third-order valence-corrected chi connectivity index (χ3v) is 5.77. The lowest BCUT2D eigenvalue weighted by Crippen LogP contribution is -2.30. The minimum absolute atomic E-state index is 0.0621. The number of halogens is 2. The van der Waals surface area contributed by atoms with Gasteiger partial charge in [0, 0.05) is 12.1 Å². The van der Waals surface area contributed by atoms with Crippen LogP contribution in [-0.2, 0) is 9.59 Å². The summed E-state index contributed by atoms with van der Waals surface area (Å²) in [5, 5.41) is 11.5. The predicted octanol–water partition coefficient (Wildman–Crippen LogP) is 4.85. The van der Waals surface area contributed by atoms with Gasteiger partial charge in [-0.25, -0.2) is 0 Å². The molecule has 170 valence electrons. The van der Waals surface area contributed by atoms with Crippen LogP contribution in [-0.4, -0.2) is 49.6 Å². The number of carbonyl (C=O) groups is 2. The normalized spacial score (nSPS) is 17.6. The molecule has 1 aliphatic heterocycles. The highest BCUT2D eigenvalue weighted by atomic mass is 35.5. The van der Waals surface area contributed by atoms with E-state index in [0.717, 1.165) is 0 Å². The molecule has 1 fully saturated rings. The van der Waals surface area contributed by atoms with Crippen molar-refractivity contribution in [3.8, 4) is 17.2 Å². The number of Topliss-reactive ketones (excluding diaryl/α,β-unsaturated/α-hetero) is 1. The summed E-state index contributed by atoms with van der Waals surface area (Å²) in [7, 11) is 4.42. The molecule has 0 saturated carbocycles. The lowest BCUT2D eigenvalue weighted by atomic mass is 9.95. The molecular weight excluding hydrogens is 457 g/mol. The van der Waals surface area contributed by atoms with Gasteiger partial charge in [-0.15, -0.1) is 0 Å². The highest BCUT2D eigenvalue weighted by molar-refractivity contribution is 6.46. The van der Waals surface area contributed by atoms with Crippen molar-refractivity contribution in [1.29, 1.82) is 0 Å². The fourth-order valence-electron chi connectivity index (χ4n) is 3.77. The van der Waals surface area contributed by atoms with E-state index in [1.165, 1.54) is 38.4 Å². The van der Waals surface area contributed by atoms with Gasteiger partial charge in [-0.2, -0.15) is 0 Å². The van der Waals surface area contributed by atoms with Crippen LogP contribution in [0, 0.1) is 0 Å². The van der Waals surface area contributed by atoms with E-state index in [0.29, 0.717) is 30.0 Å². The topological polar surface area (TPSA) is 85.3 Å². The molecule has 0 spiro atoms. The second kappa shape index (κ2) is 9.71. The molecule has 0 bridgehead atoms. The number of carbonyl (C=O) groups excluding carboxylic acids is 2. The number of hydrogen-bond donors (Lipinski definition) is 1.